The Morgan fingerprint density at radius 2 is 2.00 bits per heavy atom. The topological polar surface area (TPSA) is 76.1 Å². The van der Waals surface area contributed by atoms with Crippen LogP contribution < -0.4 is 4.74 Å². The number of benzene rings is 1. The summed E-state index contributed by atoms with van der Waals surface area (Å²) >= 11 is 0. The molecular weight excluding hydrogens is 370 g/mol. The summed E-state index contributed by atoms with van der Waals surface area (Å²) in [6.45, 7) is 9.80. The molecule has 3 rings (SSSR count). The number of fused-ring (bicyclic) bond motifs is 2. The molecule has 0 radical (unpaired) electrons. The monoisotopic (exact) mass is 403 g/mol. The maximum Gasteiger partial charge on any atom is 0.514 e. The first kappa shape index (κ1) is 21.6. The molecule has 1 heterocycles. The van der Waals surface area contributed by atoms with Crippen molar-refractivity contribution in [2.24, 2.45) is 5.92 Å². The van der Waals surface area contributed by atoms with E-state index in [0.29, 0.717) is 23.3 Å². The highest BCUT2D eigenvalue weighted by Gasteiger charge is 2.37. The molecule has 1 aliphatic carbocycles. The zero-order valence-electron chi connectivity index (χ0n) is 18.0. The molecule has 2 unspecified atom stereocenters. The van der Waals surface area contributed by atoms with Gasteiger partial charge in [-0.05, 0) is 83.0 Å². The lowest BCUT2D eigenvalue weighted by molar-refractivity contribution is -0.136. The highest BCUT2D eigenvalue weighted by molar-refractivity contribution is 5.74. The van der Waals surface area contributed by atoms with Crippen LogP contribution in [-0.4, -0.2) is 46.9 Å². The SMILES string of the molecule is CCCN1CCCC2Cc3c(ccc(CC(=O)O)c3OC(=O)OC(C)(C)C)CC21. The highest BCUT2D eigenvalue weighted by atomic mass is 16.7. The van der Waals surface area contributed by atoms with Crippen LogP contribution in [0, 0.1) is 5.92 Å². The van der Waals surface area contributed by atoms with Crippen molar-refractivity contribution in [2.45, 2.75) is 77.9 Å². The Balaban J connectivity index is 1.93. The number of hydrogen-bond donors (Lipinski definition) is 1. The van der Waals surface area contributed by atoms with E-state index in [1.165, 1.54) is 6.42 Å². The van der Waals surface area contributed by atoms with Crippen molar-refractivity contribution in [3.05, 3.63) is 28.8 Å². The van der Waals surface area contributed by atoms with Gasteiger partial charge in [-0.3, -0.25) is 9.69 Å². The third-order valence-electron chi connectivity index (χ3n) is 5.80. The molecule has 1 aliphatic heterocycles. The van der Waals surface area contributed by atoms with E-state index in [1.54, 1.807) is 26.8 Å². The van der Waals surface area contributed by atoms with Crippen LogP contribution in [0.25, 0.3) is 0 Å². The lowest BCUT2D eigenvalue weighted by Crippen LogP contribution is -2.49. The smallest absolute Gasteiger partial charge is 0.481 e. The Kier molecular flexibility index (Phi) is 6.52. The summed E-state index contributed by atoms with van der Waals surface area (Å²) in [5.41, 5.74) is 1.99. The molecule has 0 spiro atoms. The minimum Gasteiger partial charge on any atom is -0.481 e. The number of hydrogen-bond acceptors (Lipinski definition) is 5. The number of likely N-dealkylation sites (tertiary alicyclic amines) is 1. The molecule has 160 valence electrons. The van der Waals surface area contributed by atoms with Gasteiger partial charge in [0.1, 0.15) is 11.4 Å². The third-order valence-corrected chi connectivity index (χ3v) is 5.80. The van der Waals surface area contributed by atoms with Crippen molar-refractivity contribution in [3.8, 4) is 5.75 Å². The van der Waals surface area contributed by atoms with E-state index in [2.05, 4.69) is 11.8 Å². The lowest BCUT2D eigenvalue weighted by Gasteiger charge is -2.45. The Bertz CT molecular complexity index is 765. The highest BCUT2D eigenvalue weighted by Crippen LogP contribution is 2.40. The molecular formula is C23H33NO5. The standard InChI is InChI=1S/C23H33NO5/c1-5-10-24-11-6-7-16-12-18-15(13-19(16)24)8-9-17(14-20(25)26)21(18)28-22(27)29-23(2,3)4/h8-9,16,19H,5-7,10-14H2,1-4H3,(H,25,26). The summed E-state index contributed by atoms with van der Waals surface area (Å²) in [6, 6.07) is 4.32. The predicted octanol–water partition coefficient (Wildman–Crippen LogP) is 4.22. The first-order valence-electron chi connectivity index (χ1n) is 10.7. The largest absolute Gasteiger partial charge is 0.514 e. The van der Waals surface area contributed by atoms with Gasteiger partial charge in [0.2, 0.25) is 0 Å². The zero-order chi connectivity index (χ0) is 21.2. The molecule has 2 atom stereocenters. The molecule has 1 N–H and O–H groups in total. The van der Waals surface area contributed by atoms with E-state index in [-0.39, 0.29) is 6.42 Å². The van der Waals surface area contributed by atoms with Crippen LogP contribution in [0.3, 0.4) is 0 Å². The molecule has 6 heteroatoms. The normalized spacial score (nSPS) is 21.8. The van der Waals surface area contributed by atoms with Crippen LogP contribution in [-0.2, 0) is 28.8 Å². The molecule has 0 aromatic heterocycles. The molecule has 6 nitrogen and oxygen atoms in total. The van der Waals surface area contributed by atoms with E-state index in [9.17, 15) is 14.7 Å². The fourth-order valence-corrected chi connectivity index (χ4v) is 4.71. The van der Waals surface area contributed by atoms with Crippen molar-refractivity contribution >= 4 is 12.1 Å². The van der Waals surface area contributed by atoms with Crippen LogP contribution in [0.5, 0.6) is 5.75 Å². The molecule has 0 amide bonds. The number of rotatable bonds is 5. The number of carbonyl (C=O) groups excluding carboxylic acids is 1. The van der Waals surface area contributed by atoms with Gasteiger partial charge in [0.25, 0.3) is 0 Å². The second-order valence-corrected chi connectivity index (χ2v) is 9.24. The minimum atomic E-state index is -0.945. The van der Waals surface area contributed by atoms with Gasteiger partial charge in [0.15, 0.2) is 0 Å². The van der Waals surface area contributed by atoms with Crippen molar-refractivity contribution in [2.75, 3.05) is 13.1 Å². The van der Waals surface area contributed by atoms with Crippen molar-refractivity contribution < 1.29 is 24.2 Å². The van der Waals surface area contributed by atoms with E-state index in [4.69, 9.17) is 9.47 Å². The number of nitrogens with zero attached hydrogens (tertiary/aromatic N) is 1. The van der Waals surface area contributed by atoms with Gasteiger partial charge in [-0.25, -0.2) is 4.79 Å². The van der Waals surface area contributed by atoms with Crippen LogP contribution in [0.2, 0.25) is 0 Å². The van der Waals surface area contributed by atoms with E-state index in [1.807, 2.05) is 6.07 Å². The van der Waals surface area contributed by atoms with Gasteiger partial charge in [-0.2, -0.15) is 0 Å². The maximum absolute atomic E-state index is 12.4. The van der Waals surface area contributed by atoms with Crippen molar-refractivity contribution in [1.29, 1.82) is 0 Å². The maximum atomic E-state index is 12.4. The van der Waals surface area contributed by atoms with Crippen LogP contribution in [0.4, 0.5) is 4.79 Å². The summed E-state index contributed by atoms with van der Waals surface area (Å²) in [7, 11) is 0. The quantitative estimate of drug-likeness (QED) is 0.586. The number of piperidine rings is 1. The number of aliphatic carboxylic acids is 1. The predicted molar refractivity (Wildman–Crippen MR) is 110 cm³/mol. The first-order chi connectivity index (χ1) is 13.7. The van der Waals surface area contributed by atoms with Gasteiger partial charge in [0.05, 0.1) is 6.42 Å². The lowest BCUT2D eigenvalue weighted by atomic mass is 9.74. The van der Waals surface area contributed by atoms with Gasteiger partial charge in [0, 0.05) is 11.6 Å². The molecule has 1 aromatic rings. The van der Waals surface area contributed by atoms with Gasteiger partial charge in [-0.1, -0.05) is 19.1 Å². The number of carbonyl (C=O) groups is 2. The second kappa shape index (κ2) is 8.74. The molecule has 0 saturated carbocycles. The fourth-order valence-electron chi connectivity index (χ4n) is 4.71. The van der Waals surface area contributed by atoms with Gasteiger partial charge >= 0.3 is 12.1 Å². The Labute approximate surface area is 173 Å². The average molecular weight is 404 g/mol. The zero-order valence-corrected chi connectivity index (χ0v) is 18.0. The first-order valence-corrected chi connectivity index (χ1v) is 10.7. The van der Waals surface area contributed by atoms with E-state index >= 15 is 0 Å². The Morgan fingerprint density at radius 3 is 2.66 bits per heavy atom. The van der Waals surface area contributed by atoms with Crippen LogP contribution >= 0.6 is 0 Å². The van der Waals surface area contributed by atoms with E-state index in [0.717, 1.165) is 49.9 Å². The average Bonchev–Trinajstić information content (AvgIpc) is 2.61. The van der Waals surface area contributed by atoms with E-state index < -0.39 is 17.7 Å². The van der Waals surface area contributed by atoms with Gasteiger partial charge in [-0.15, -0.1) is 0 Å². The summed E-state index contributed by atoms with van der Waals surface area (Å²) in [4.78, 5) is 26.3. The molecule has 1 saturated heterocycles. The Morgan fingerprint density at radius 1 is 1.24 bits per heavy atom. The molecule has 0 bridgehead atoms. The summed E-state index contributed by atoms with van der Waals surface area (Å²) in [5, 5.41) is 9.32. The number of carboxylic acid groups (broad SMARTS) is 1. The summed E-state index contributed by atoms with van der Waals surface area (Å²) < 4.78 is 11.0. The third kappa shape index (κ3) is 5.30. The van der Waals surface area contributed by atoms with Crippen molar-refractivity contribution in [3.63, 3.8) is 0 Å². The molecule has 1 fully saturated rings. The van der Waals surface area contributed by atoms with Crippen LogP contribution in [0.1, 0.15) is 63.6 Å². The minimum absolute atomic E-state index is 0.179. The summed E-state index contributed by atoms with van der Waals surface area (Å²) in [6.07, 6.45) is 4.23. The number of carboxylic acids is 1. The molecule has 1 aromatic carbocycles. The molecule has 2 aliphatic rings. The Hall–Kier alpha value is -2.08. The number of ether oxygens (including phenoxy) is 2. The van der Waals surface area contributed by atoms with Gasteiger partial charge < -0.3 is 14.6 Å². The second-order valence-electron chi connectivity index (χ2n) is 9.24. The van der Waals surface area contributed by atoms with Crippen LogP contribution in [0.15, 0.2) is 12.1 Å². The molecule has 29 heavy (non-hydrogen) atoms. The fraction of sp³-hybridized carbons (Fsp3) is 0.652. The summed E-state index contributed by atoms with van der Waals surface area (Å²) in [5.74, 6) is -0.0476. The van der Waals surface area contributed by atoms with Crippen molar-refractivity contribution in [1.82, 2.24) is 4.90 Å².